The number of nitrogens with one attached hydrogen (secondary N) is 1. The van der Waals surface area contributed by atoms with Gasteiger partial charge in [0.05, 0.1) is 0 Å². The summed E-state index contributed by atoms with van der Waals surface area (Å²) < 4.78 is 0. The second-order valence-corrected chi connectivity index (χ2v) is 6.35. The Labute approximate surface area is 147 Å². The maximum Gasteiger partial charge on any atom is 0.272 e. The third-order valence-corrected chi connectivity index (χ3v) is 4.31. The SMILES string of the molecule is Cc1cccc(NC(=O)c2ccnc(C(=O)N3CCN(C)CC3)c2)c1. The van der Waals surface area contributed by atoms with E-state index in [1.807, 2.05) is 38.2 Å². The summed E-state index contributed by atoms with van der Waals surface area (Å²) in [5.74, 6) is -0.376. The van der Waals surface area contributed by atoms with Gasteiger partial charge in [-0.2, -0.15) is 0 Å². The van der Waals surface area contributed by atoms with Crippen LogP contribution in [-0.2, 0) is 0 Å². The summed E-state index contributed by atoms with van der Waals surface area (Å²) >= 11 is 0. The topological polar surface area (TPSA) is 65.5 Å². The van der Waals surface area contributed by atoms with Gasteiger partial charge in [-0.05, 0) is 43.8 Å². The maximum atomic E-state index is 12.6. The van der Waals surface area contributed by atoms with Crippen LogP contribution in [0.15, 0.2) is 42.6 Å². The quantitative estimate of drug-likeness (QED) is 0.930. The Kier molecular flexibility index (Phi) is 5.09. The molecule has 3 rings (SSSR count). The molecule has 6 nitrogen and oxygen atoms in total. The summed E-state index contributed by atoms with van der Waals surface area (Å²) in [7, 11) is 2.04. The molecule has 2 heterocycles. The van der Waals surface area contributed by atoms with Gasteiger partial charge in [-0.15, -0.1) is 0 Å². The van der Waals surface area contributed by atoms with Gasteiger partial charge < -0.3 is 15.1 Å². The van der Waals surface area contributed by atoms with Gasteiger partial charge in [-0.3, -0.25) is 14.6 Å². The van der Waals surface area contributed by atoms with Gasteiger partial charge in [0.15, 0.2) is 0 Å². The molecule has 0 bridgehead atoms. The number of benzene rings is 1. The Morgan fingerprint density at radius 3 is 2.56 bits per heavy atom. The van der Waals surface area contributed by atoms with Crippen LogP contribution in [0.4, 0.5) is 5.69 Å². The normalized spacial score (nSPS) is 15.0. The van der Waals surface area contributed by atoms with Crippen LogP contribution in [-0.4, -0.2) is 59.8 Å². The zero-order valence-electron chi connectivity index (χ0n) is 14.5. The van der Waals surface area contributed by atoms with Gasteiger partial charge >= 0.3 is 0 Å². The summed E-state index contributed by atoms with van der Waals surface area (Å²) in [5, 5.41) is 2.85. The Morgan fingerprint density at radius 1 is 1.08 bits per heavy atom. The van der Waals surface area contributed by atoms with Crippen molar-refractivity contribution < 1.29 is 9.59 Å². The Bertz CT molecular complexity index is 782. The number of hydrogen-bond donors (Lipinski definition) is 1. The minimum absolute atomic E-state index is 0.127. The van der Waals surface area contributed by atoms with E-state index in [0.717, 1.165) is 24.3 Å². The molecule has 130 valence electrons. The lowest BCUT2D eigenvalue weighted by Crippen LogP contribution is -2.47. The van der Waals surface area contributed by atoms with E-state index in [0.29, 0.717) is 24.3 Å². The smallest absolute Gasteiger partial charge is 0.272 e. The number of aromatic nitrogens is 1. The first-order chi connectivity index (χ1) is 12.0. The molecule has 0 unspecified atom stereocenters. The molecule has 6 heteroatoms. The molecule has 0 spiro atoms. The van der Waals surface area contributed by atoms with E-state index in [1.54, 1.807) is 17.0 Å². The molecule has 2 amide bonds. The molecule has 1 aliphatic rings. The fraction of sp³-hybridized carbons (Fsp3) is 0.316. The largest absolute Gasteiger partial charge is 0.335 e. The highest BCUT2D eigenvalue weighted by Gasteiger charge is 2.22. The zero-order chi connectivity index (χ0) is 17.8. The first-order valence-electron chi connectivity index (χ1n) is 8.35. The van der Waals surface area contributed by atoms with Crippen molar-refractivity contribution in [2.24, 2.45) is 0 Å². The zero-order valence-corrected chi connectivity index (χ0v) is 14.5. The number of aryl methyl sites for hydroxylation is 1. The molecule has 0 radical (unpaired) electrons. The standard InChI is InChI=1S/C19H22N4O2/c1-14-4-3-5-16(12-14)21-18(24)15-6-7-20-17(13-15)19(25)23-10-8-22(2)9-11-23/h3-7,12-13H,8-11H2,1-2H3,(H,21,24). The summed E-state index contributed by atoms with van der Waals surface area (Å²) in [5.41, 5.74) is 2.53. The number of amides is 2. The van der Waals surface area contributed by atoms with E-state index in [-0.39, 0.29) is 11.8 Å². The van der Waals surface area contributed by atoms with Gasteiger partial charge in [0, 0.05) is 43.6 Å². The number of piperazine rings is 1. The number of rotatable bonds is 3. The maximum absolute atomic E-state index is 12.6. The highest BCUT2D eigenvalue weighted by atomic mass is 16.2. The van der Waals surface area contributed by atoms with Crippen LogP contribution >= 0.6 is 0 Å². The molecule has 2 aromatic rings. The fourth-order valence-electron chi connectivity index (χ4n) is 2.79. The van der Waals surface area contributed by atoms with Gasteiger partial charge in [0.2, 0.25) is 0 Å². The highest BCUT2D eigenvalue weighted by Crippen LogP contribution is 2.13. The monoisotopic (exact) mass is 338 g/mol. The van der Waals surface area contributed by atoms with Gasteiger partial charge in [0.25, 0.3) is 11.8 Å². The van der Waals surface area contributed by atoms with Gasteiger partial charge in [0.1, 0.15) is 5.69 Å². The molecule has 1 N–H and O–H groups in total. The first-order valence-corrected chi connectivity index (χ1v) is 8.35. The van der Waals surface area contributed by atoms with Crippen molar-refractivity contribution in [3.05, 3.63) is 59.4 Å². The molecule has 25 heavy (non-hydrogen) atoms. The number of hydrogen-bond acceptors (Lipinski definition) is 4. The van der Waals surface area contributed by atoms with Gasteiger partial charge in [-0.1, -0.05) is 12.1 Å². The van der Waals surface area contributed by atoms with E-state index >= 15 is 0 Å². The number of carbonyl (C=O) groups is 2. The predicted molar refractivity (Wildman–Crippen MR) is 96.8 cm³/mol. The Hall–Kier alpha value is -2.73. The van der Waals surface area contributed by atoms with Crippen molar-refractivity contribution in [2.45, 2.75) is 6.92 Å². The number of nitrogens with zero attached hydrogens (tertiary/aromatic N) is 3. The lowest BCUT2D eigenvalue weighted by molar-refractivity contribution is 0.0658. The van der Waals surface area contributed by atoms with Crippen LogP contribution in [0.25, 0.3) is 0 Å². The van der Waals surface area contributed by atoms with Crippen LogP contribution in [0.1, 0.15) is 26.4 Å². The first kappa shape index (κ1) is 17.1. The van der Waals surface area contributed by atoms with E-state index < -0.39 is 0 Å². The second-order valence-electron chi connectivity index (χ2n) is 6.35. The van der Waals surface area contributed by atoms with Crippen LogP contribution in [0.5, 0.6) is 0 Å². The molecule has 1 aliphatic heterocycles. The second kappa shape index (κ2) is 7.44. The predicted octanol–water partition coefficient (Wildman–Crippen LogP) is 2.03. The van der Waals surface area contributed by atoms with Crippen molar-refractivity contribution in [2.75, 3.05) is 38.5 Å². The summed E-state index contributed by atoms with van der Waals surface area (Å²) in [6.45, 7) is 5.01. The molecule has 1 fully saturated rings. The van der Waals surface area contributed by atoms with E-state index in [1.165, 1.54) is 6.20 Å². The van der Waals surface area contributed by atoms with Crippen molar-refractivity contribution in [3.63, 3.8) is 0 Å². The number of anilines is 1. The molecule has 1 aromatic heterocycles. The van der Waals surface area contributed by atoms with E-state index in [4.69, 9.17) is 0 Å². The summed E-state index contributed by atoms with van der Waals surface area (Å²) in [4.78, 5) is 33.2. The Morgan fingerprint density at radius 2 is 1.84 bits per heavy atom. The third-order valence-electron chi connectivity index (χ3n) is 4.31. The van der Waals surface area contributed by atoms with E-state index in [2.05, 4.69) is 15.2 Å². The van der Waals surface area contributed by atoms with Crippen LogP contribution in [0.2, 0.25) is 0 Å². The molecule has 1 saturated heterocycles. The Balaban J connectivity index is 1.72. The minimum Gasteiger partial charge on any atom is -0.335 e. The lowest BCUT2D eigenvalue weighted by atomic mass is 10.1. The molecular weight excluding hydrogens is 316 g/mol. The van der Waals surface area contributed by atoms with Gasteiger partial charge in [-0.25, -0.2) is 0 Å². The van der Waals surface area contributed by atoms with Crippen molar-refractivity contribution in [1.82, 2.24) is 14.8 Å². The van der Waals surface area contributed by atoms with E-state index in [9.17, 15) is 9.59 Å². The molecular formula is C19H22N4O2. The average molecular weight is 338 g/mol. The van der Waals surface area contributed by atoms with Crippen LogP contribution < -0.4 is 5.32 Å². The molecule has 0 aliphatic carbocycles. The molecule has 0 saturated carbocycles. The summed E-state index contributed by atoms with van der Waals surface area (Å²) in [6.07, 6.45) is 1.51. The minimum atomic E-state index is -0.250. The average Bonchev–Trinajstić information content (AvgIpc) is 2.62. The summed E-state index contributed by atoms with van der Waals surface area (Å²) in [6, 6.07) is 10.8. The molecule has 1 aromatic carbocycles. The third kappa shape index (κ3) is 4.22. The number of pyridine rings is 1. The van der Waals surface area contributed by atoms with Crippen molar-refractivity contribution in [3.8, 4) is 0 Å². The van der Waals surface area contributed by atoms with Crippen molar-refractivity contribution >= 4 is 17.5 Å². The fourth-order valence-corrected chi connectivity index (χ4v) is 2.79. The van der Waals surface area contributed by atoms with Crippen LogP contribution in [0.3, 0.4) is 0 Å². The number of likely N-dealkylation sites (N-methyl/N-ethyl adjacent to an activating group) is 1. The lowest BCUT2D eigenvalue weighted by Gasteiger charge is -2.32. The van der Waals surface area contributed by atoms with Crippen LogP contribution in [0, 0.1) is 6.92 Å². The molecule has 0 atom stereocenters. The van der Waals surface area contributed by atoms with Crippen molar-refractivity contribution in [1.29, 1.82) is 0 Å². The number of carbonyl (C=O) groups excluding carboxylic acids is 2. The highest BCUT2D eigenvalue weighted by molar-refractivity contribution is 6.05.